The van der Waals surface area contributed by atoms with E-state index in [0.29, 0.717) is 5.92 Å². The average Bonchev–Trinajstić information content (AvgIpc) is 2.74. The lowest BCUT2D eigenvalue weighted by Gasteiger charge is -2.32. The molecular weight excluding hydrogens is 242 g/mol. The molecule has 1 aromatic heterocycles. The van der Waals surface area contributed by atoms with Crippen molar-refractivity contribution in [2.24, 2.45) is 0 Å². The molecule has 0 aromatic carbocycles. The molecule has 1 aliphatic rings. The lowest BCUT2D eigenvalue weighted by molar-refractivity contribution is 0.0204. The third kappa shape index (κ3) is 3.72. The number of hydrogen-bond acceptors (Lipinski definition) is 3. The SMILES string of the molecule is Cc1cc(C2CCN(C(=O)OC(C)(C)C)CC2)n[nH]1. The van der Waals surface area contributed by atoms with Crippen LogP contribution in [-0.2, 0) is 4.74 Å². The Morgan fingerprint density at radius 3 is 2.53 bits per heavy atom. The second kappa shape index (κ2) is 5.23. The van der Waals surface area contributed by atoms with Crippen LogP contribution in [-0.4, -0.2) is 39.9 Å². The van der Waals surface area contributed by atoms with Crippen LogP contribution in [0.15, 0.2) is 6.07 Å². The van der Waals surface area contributed by atoms with E-state index < -0.39 is 5.60 Å². The smallest absolute Gasteiger partial charge is 0.410 e. The zero-order valence-electron chi connectivity index (χ0n) is 12.2. The van der Waals surface area contributed by atoms with Crippen molar-refractivity contribution < 1.29 is 9.53 Å². The predicted octanol–water partition coefficient (Wildman–Crippen LogP) is 2.83. The number of rotatable bonds is 1. The standard InChI is InChI=1S/C14H23N3O2/c1-10-9-12(16-15-10)11-5-7-17(8-6-11)13(18)19-14(2,3)4/h9,11H,5-8H2,1-4H3,(H,15,16). The third-order valence-electron chi connectivity index (χ3n) is 3.29. The summed E-state index contributed by atoms with van der Waals surface area (Å²) in [7, 11) is 0. The number of nitrogens with one attached hydrogen (secondary N) is 1. The van der Waals surface area contributed by atoms with Crippen molar-refractivity contribution >= 4 is 6.09 Å². The van der Waals surface area contributed by atoms with Crippen molar-refractivity contribution in [1.82, 2.24) is 15.1 Å². The zero-order valence-corrected chi connectivity index (χ0v) is 12.2. The summed E-state index contributed by atoms with van der Waals surface area (Å²) in [5, 5.41) is 7.28. The van der Waals surface area contributed by atoms with Crippen LogP contribution in [0.3, 0.4) is 0 Å². The van der Waals surface area contributed by atoms with E-state index in [0.717, 1.165) is 37.3 Å². The lowest BCUT2D eigenvalue weighted by Crippen LogP contribution is -2.41. The minimum Gasteiger partial charge on any atom is -0.444 e. The lowest BCUT2D eigenvalue weighted by atomic mass is 9.94. The molecule has 5 nitrogen and oxygen atoms in total. The Balaban J connectivity index is 1.87. The van der Waals surface area contributed by atoms with E-state index in [1.807, 2.05) is 27.7 Å². The third-order valence-corrected chi connectivity index (χ3v) is 3.29. The fourth-order valence-electron chi connectivity index (χ4n) is 2.33. The molecule has 0 bridgehead atoms. The molecule has 2 heterocycles. The first-order chi connectivity index (χ1) is 8.85. The highest BCUT2D eigenvalue weighted by molar-refractivity contribution is 5.68. The number of ether oxygens (including phenoxy) is 1. The van der Waals surface area contributed by atoms with Gasteiger partial charge in [0.25, 0.3) is 0 Å². The van der Waals surface area contributed by atoms with E-state index in [1.54, 1.807) is 4.90 Å². The highest BCUT2D eigenvalue weighted by Crippen LogP contribution is 2.27. The number of aromatic nitrogens is 2. The Kier molecular flexibility index (Phi) is 3.83. The van der Waals surface area contributed by atoms with Crippen LogP contribution in [0, 0.1) is 6.92 Å². The highest BCUT2D eigenvalue weighted by atomic mass is 16.6. The Morgan fingerprint density at radius 1 is 1.42 bits per heavy atom. The molecule has 0 aliphatic carbocycles. The fraction of sp³-hybridized carbons (Fsp3) is 0.714. The van der Waals surface area contributed by atoms with Gasteiger partial charge in [-0.2, -0.15) is 5.10 Å². The minimum absolute atomic E-state index is 0.204. The summed E-state index contributed by atoms with van der Waals surface area (Å²) in [5.41, 5.74) is 1.78. The van der Waals surface area contributed by atoms with Gasteiger partial charge in [0, 0.05) is 24.7 Å². The topological polar surface area (TPSA) is 58.2 Å². The van der Waals surface area contributed by atoms with Gasteiger partial charge in [0.1, 0.15) is 5.60 Å². The predicted molar refractivity (Wildman–Crippen MR) is 73.1 cm³/mol. The van der Waals surface area contributed by atoms with Gasteiger partial charge in [-0.05, 0) is 46.6 Å². The van der Waals surface area contributed by atoms with Crippen LogP contribution < -0.4 is 0 Å². The summed E-state index contributed by atoms with van der Waals surface area (Å²) in [4.78, 5) is 13.7. The molecule has 1 aromatic rings. The van der Waals surface area contributed by atoms with E-state index in [1.165, 1.54) is 0 Å². The monoisotopic (exact) mass is 265 g/mol. The molecule has 0 spiro atoms. The number of piperidine rings is 1. The van der Waals surface area contributed by atoms with Gasteiger partial charge in [0.05, 0.1) is 5.69 Å². The molecule has 1 saturated heterocycles. The summed E-state index contributed by atoms with van der Waals surface area (Å²) in [6, 6.07) is 2.09. The van der Waals surface area contributed by atoms with Gasteiger partial charge in [-0.15, -0.1) is 0 Å². The van der Waals surface area contributed by atoms with Crippen LogP contribution in [0.4, 0.5) is 4.79 Å². The van der Waals surface area contributed by atoms with E-state index in [9.17, 15) is 4.79 Å². The van der Waals surface area contributed by atoms with Crippen molar-refractivity contribution in [2.75, 3.05) is 13.1 Å². The number of carbonyl (C=O) groups excluding carboxylic acids is 1. The first-order valence-corrected chi connectivity index (χ1v) is 6.85. The summed E-state index contributed by atoms with van der Waals surface area (Å²) in [6.45, 7) is 9.17. The van der Waals surface area contributed by atoms with Gasteiger partial charge in [0.2, 0.25) is 0 Å². The molecule has 0 unspecified atom stereocenters. The number of H-pyrrole nitrogens is 1. The van der Waals surface area contributed by atoms with Gasteiger partial charge >= 0.3 is 6.09 Å². The number of nitrogens with zero attached hydrogens (tertiary/aromatic N) is 2. The minimum atomic E-state index is -0.423. The number of likely N-dealkylation sites (tertiary alicyclic amines) is 1. The van der Waals surface area contributed by atoms with Crippen molar-refractivity contribution in [2.45, 2.75) is 52.1 Å². The number of aromatic amines is 1. The van der Waals surface area contributed by atoms with E-state index in [4.69, 9.17) is 4.74 Å². The first kappa shape index (κ1) is 13.9. The summed E-state index contributed by atoms with van der Waals surface area (Å²) in [6.07, 6.45) is 1.69. The van der Waals surface area contributed by atoms with Gasteiger partial charge in [-0.3, -0.25) is 5.10 Å². The molecule has 106 valence electrons. The van der Waals surface area contributed by atoms with Crippen LogP contribution in [0.25, 0.3) is 0 Å². The Hall–Kier alpha value is -1.52. The number of hydrogen-bond donors (Lipinski definition) is 1. The van der Waals surface area contributed by atoms with Crippen molar-refractivity contribution in [3.05, 3.63) is 17.5 Å². The Bertz CT molecular complexity index is 440. The maximum atomic E-state index is 11.9. The molecular formula is C14H23N3O2. The van der Waals surface area contributed by atoms with E-state index >= 15 is 0 Å². The molecule has 1 amide bonds. The molecule has 0 atom stereocenters. The Labute approximate surface area is 114 Å². The second-order valence-corrected chi connectivity index (χ2v) is 6.22. The quantitative estimate of drug-likeness (QED) is 0.849. The average molecular weight is 265 g/mol. The van der Waals surface area contributed by atoms with Gasteiger partial charge in [-0.1, -0.05) is 0 Å². The van der Waals surface area contributed by atoms with Crippen LogP contribution in [0.1, 0.15) is 50.9 Å². The van der Waals surface area contributed by atoms with Crippen molar-refractivity contribution in [1.29, 1.82) is 0 Å². The Morgan fingerprint density at radius 2 is 2.05 bits per heavy atom. The van der Waals surface area contributed by atoms with Gasteiger partial charge in [0.15, 0.2) is 0 Å². The molecule has 1 aliphatic heterocycles. The normalized spacial score (nSPS) is 17.6. The summed E-state index contributed by atoms with van der Waals surface area (Å²) in [5.74, 6) is 0.448. The largest absolute Gasteiger partial charge is 0.444 e. The molecule has 2 rings (SSSR count). The first-order valence-electron chi connectivity index (χ1n) is 6.85. The van der Waals surface area contributed by atoms with Crippen LogP contribution in [0.5, 0.6) is 0 Å². The van der Waals surface area contributed by atoms with E-state index in [-0.39, 0.29) is 6.09 Å². The number of carbonyl (C=O) groups is 1. The number of amides is 1. The van der Waals surface area contributed by atoms with Gasteiger partial charge in [-0.25, -0.2) is 4.79 Å². The molecule has 5 heteroatoms. The molecule has 1 fully saturated rings. The van der Waals surface area contributed by atoms with E-state index in [2.05, 4.69) is 16.3 Å². The summed E-state index contributed by atoms with van der Waals surface area (Å²) >= 11 is 0. The molecule has 0 saturated carbocycles. The van der Waals surface area contributed by atoms with Crippen molar-refractivity contribution in [3.8, 4) is 0 Å². The fourth-order valence-corrected chi connectivity index (χ4v) is 2.33. The zero-order chi connectivity index (χ0) is 14.0. The molecule has 0 radical (unpaired) electrons. The van der Waals surface area contributed by atoms with Crippen molar-refractivity contribution in [3.63, 3.8) is 0 Å². The second-order valence-electron chi connectivity index (χ2n) is 6.22. The number of aryl methyl sites for hydroxylation is 1. The summed E-state index contributed by atoms with van der Waals surface area (Å²) < 4.78 is 5.39. The molecule has 1 N–H and O–H groups in total. The van der Waals surface area contributed by atoms with Crippen LogP contribution >= 0.6 is 0 Å². The van der Waals surface area contributed by atoms with Crippen LogP contribution in [0.2, 0.25) is 0 Å². The highest BCUT2D eigenvalue weighted by Gasteiger charge is 2.28. The van der Waals surface area contributed by atoms with Gasteiger partial charge < -0.3 is 9.64 Å². The maximum Gasteiger partial charge on any atom is 0.410 e. The molecule has 19 heavy (non-hydrogen) atoms. The maximum absolute atomic E-state index is 11.9.